The smallest absolute Gasteiger partial charge is 0.145 e. The molecule has 5 nitrogen and oxygen atoms in total. The zero-order valence-electron chi connectivity index (χ0n) is 37.5. The Bertz CT molecular complexity index is 3050. The number of para-hydroxylation sites is 3. The van der Waals surface area contributed by atoms with E-state index in [0.29, 0.717) is 11.8 Å². The van der Waals surface area contributed by atoms with Crippen molar-refractivity contribution in [1.82, 2.24) is 9.55 Å². The number of hydrogen-bond donors (Lipinski definition) is 0. The summed E-state index contributed by atoms with van der Waals surface area (Å²) >= 11 is 0. The van der Waals surface area contributed by atoms with Crippen LogP contribution in [-0.2, 0) is 26.5 Å². The van der Waals surface area contributed by atoms with Crippen molar-refractivity contribution in [2.75, 3.05) is 10.1 Å². The Hall–Kier alpha value is -6.26. The van der Waals surface area contributed by atoms with Gasteiger partial charge in [0.2, 0.25) is 0 Å². The molecule has 0 amide bonds. The molecule has 1 aliphatic heterocycles. The van der Waals surface area contributed by atoms with E-state index in [1.807, 2.05) is 11.3 Å². The van der Waals surface area contributed by atoms with Crippen molar-refractivity contribution in [1.29, 1.82) is 0 Å². The molecule has 0 spiro atoms. The standard InChI is InChI=1S/C58H52N4O.Pt/c1-39(2)47-27-19-28-48(40(3)4)56(47)41-34-35-59-55(36-41)60-51-29-15-14-26-49(51)50-33-32-45(38-54(50)60)58(42-20-10-8-11-21-42,43-22-12-9-13-23-43)44-24-18-25-46(37-44)61-52-30-16-17-31-53(52)62(63-61)57(5,6)7;/h8-36,39-40H,1-7H3;/q-2;/p+1. The molecular formula is C58H53N4OPt-. The second-order valence-electron chi connectivity index (χ2n) is 18.3. The fourth-order valence-electron chi connectivity index (χ4n) is 9.72. The fourth-order valence-corrected chi connectivity index (χ4v) is 9.72. The van der Waals surface area contributed by atoms with E-state index in [2.05, 4.69) is 240 Å². The molecule has 0 saturated carbocycles. The molecule has 9 aromatic rings. The van der Waals surface area contributed by atoms with Crippen molar-refractivity contribution < 1.29 is 26.0 Å². The van der Waals surface area contributed by atoms with Crippen molar-refractivity contribution >= 4 is 38.9 Å². The van der Waals surface area contributed by atoms with Gasteiger partial charge in [-0.25, -0.2) is 4.98 Å². The number of nitrogens with zero attached hydrogens (tertiary/aromatic N) is 4. The van der Waals surface area contributed by atoms with Crippen molar-refractivity contribution in [2.24, 2.45) is 0 Å². The predicted molar refractivity (Wildman–Crippen MR) is 261 cm³/mol. The summed E-state index contributed by atoms with van der Waals surface area (Å²) < 4.78 is 2.31. The third-order valence-corrected chi connectivity index (χ3v) is 12.6. The van der Waals surface area contributed by atoms with Crippen LogP contribution in [0, 0.1) is 12.1 Å². The minimum Gasteiger partial charge on any atom is -0.319 e. The molecule has 0 unspecified atom stereocenters. The number of aromatic nitrogens is 2. The van der Waals surface area contributed by atoms with E-state index in [4.69, 9.17) is 9.92 Å². The molecule has 3 heterocycles. The molecule has 1 N–H and O–H groups in total. The van der Waals surface area contributed by atoms with Crippen LogP contribution >= 0.6 is 0 Å². The Kier molecular flexibility index (Phi) is 11.4. The van der Waals surface area contributed by atoms with Gasteiger partial charge in [0, 0.05) is 43.9 Å². The largest absolute Gasteiger partial charge is 0.319 e. The summed E-state index contributed by atoms with van der Waals surface area (Å²) in [7, 11) is 0. The average molecular weight is 1020 g/mol. The minimum atomic E-state index is -0.825. The van der Waals surface area contributed by atoms with Gasteiger partial charge in [-0.1, -0.05) is 142 Å². The fraction of sp³-hybridized carbons (Fsp3) is 0.190. The third kappa shape index (κ3) is 7.16. The molecule has 0 fully saturated rings. The quantitative estimate of drug-likeness (QED) is 0.0821. The van der Waals surface area contributed by atoms with Gasteiger partial charge in [0.05, 0.1) is 0 Å². The summed E-state index contributed by atoms with van der Waals surface area (Å²) in [6.45, 7) is 15.7. The van der Waals surface area contributed by atoms with E-state index in [1.54, 1.807) is 0 Å². The van der Waals surface area contributed by atoms with E-state index in [1.165, 1.54) is 22.3 Å². The Morgan fingerprint density at radius 3 is 1.81 bits per heavy atom. The van der Waals surface area contributed by atoms with Gasteiger partial charge in [0.25, 0.3) is 0 Å². The Morgan fingerprint density at radius 1 is 0.562 bits per heavy atom. The maximum absolute atomic E-state index is 5.23. The minimum absolute atomic E-state index is 0. The maximum Gasteiger partial charge on any atom is 0.145 e. The number of anilines is 3. The second-order valence-corrected chi connectivity index (χ2v) is 18.3. The average Bonchev–Trinajstić information content (AvgIpc) is 3.87. The van der Waals surface area contributed by atoms with Gasteiger partial charge in [0.1, 0.15) is 22.7 Å². The SMILES string of the molecule is CC(C)c1cccc(C(C)C)c1-c1ccnc(-n2c3[c-]c(C(c4[c-]c(N5[OH+]N(C(C)(C)C)c6ccccc65)ccc4)(c4ccccc4)c4ccccc4)ccc3c3ccccc32)c1.[Pt]. The van der Waals surface area contributed by atoms with E-state index < -0.39 is 5.41 Å². The predicted octanol–water partition coefficient (Wildman–Crippen LogP) is 14.7. The van der Waals surface area contributed by atoms with Gasteiger partial charge < -0.3 is 4.57 Å². The summed E-state index contributed by atoms with van der Waals surface area (Å²) in [5.41, 5.74) is 13.3. The van der Waals surface area contributed by atoms with Crippen LogP contribution in [0.5, 0.6) is 0 Å². The third-order valence-electron chi connectivity index (χ3n) is 12.6. The number of pyridine rings is 1. The van der Waals surface area contributed by atoms with Crippen LogP contribution in [-0.4, -0.2) is 20.0 Å². The molecular weight excluding hydrogens is 964 g/mol. The number of rotatable bonds is 9. The van der Waals surface area contributed by atoms with E-state index in [-0.39, 0.29) is 26.6 Å². The zero-order chi connectivity index (χ0) is 43.5. The summed E-state index contributed by atoms with van der Waals surface area (Å²) in [5, 5.41) is 6.42. The first-order valence-electron chi connectivity index (χ1n) is 22.2. The molecule has 10 rings (SSSR count). The number of fused-ring (bicyclic) bond motifs is 4. The Morgan fingerprint density at radius 2 is 1.16 bits per heavy atom. The van der Waals surface area contributed by atoms with E-state index in [0.717, 1.165) is 66.9 Å². The zero-order valence-corrected chi connectivity index (χ0v) is 39.7. The molecule has 0 aliphatic carbocycles. The summed E-state index contributed by atoms with van der Waals surface area (Å²) in [4.78, 5) is 10.4. The van der Waals surface area contributed by atoms with Crippen molar-refractivity contribution in [3.05, 3.63) is 222 Å². The topological polar surface area (TPSA) is 37.1 Å². The van der Waals surface area contributed by atoms with Crippen LogP contribution in [0.2, 0.25) is 0 Å². The number of hydroxylamine groups is 1. The monoisotopic (exact) mass is 1020 g/mol. The molecule has 64 heavy (non-hydrogen) atoms. The van der Waals surface area contributed by atoms with Crippen molar-refractivity contribution in [3.63, 3.8) is 0 Å². The van der Waals surface area contributed by atoms with Gasteiger partial charge in [-0.3, -0.25) is 0 Å². The first kappa shape index (κ1) is 43.0. The first-order valence-corrected chi connectivity index (χ1v) is 22.2. The van der Waals surface area contributed by atoms with Crippen molar-refractivity contribution in [3.8, 4) is 16.9 Å². The van der Waals surface area contributed by atoms with Gasteiger partial charge in [0.15, 0.2) is 0 Å². The van der Waals surface area contributed by atoms with Gasteiger partial charge >= 0.3 is 0 Å². The van der Waals surface area contributed by atoms with Gasteiger partial charge in [-0.15, -0.1) is 38.8 Å². The molecule has 0 radical (unpaired) electrons. The molecule has 322 valence electrons. The van der Waals surface area contributed by atoms with Crippen LogP contribution in [0.3, 0.4) is 0 Å². The maximum atomic E-state index is 5.23. The normalized spacial score (nSPS) is 13.0. The van der Waals surface area contributed by atoms with Crippen LogP contribution in [0.15, 0.2) is 176 Å². The first-order chi connectivity index (χ1) is 30.6. The molecule has 1 aliphatic rings. The molecule has 7 aromatic carbocycles. The Labute approximate surface area is 392 Å². The van der Waals surface area contributed by atoms with Gasteiger partial charge in [-0.05, 0) is 102 Å². The van der Waals surface area contributed by atoms with Crippen LogP contribution in [0.25, 0.3) is 38.8 Å². The van der Waals surface area contributed by atoms with Crippen LogP contribution in [0.4, 0.5) is 17.1 Å². The Balaban J connectivity index is 0.00000518. The van der Waals surface area contributed by atoms with Crippen LogP contribution in [0.1, 0.15) is 93.7 Å². The van der Waals surface area contributed by atoms with Gasteiger partial charge in [-0.2, -0.15) is 35.3 Å². The van der Waals surface area contributed by atoms with E-state index in [9.17, 15) is 0 Å². The molecule has 0 saturated heterocycles. The molecule has 0 atom stereocenters. The summed E-state index contributed by atoms with van der Waals surface area (Å²) in [6, 6.07) is 69.1. The second kappa shape index (κ2) is 17.0. The molecule has 6 heteroatoms. The van der Waals surface area contributed by atoms with E-state index >= 15 is 0 Å². The number of hydrogen-bond acceptors (Lipinski definition) is 3. The summed E-state index contributed by atoms with van der Waals surface area (Å²) in [5.74, 6) is 1.59. The molecule has 2 aromatic heterocycles. The summed E-state index contributed by atoms with van der Waals surface area (Å²) in [6.07, 6.45) is 1.97. The van der Waals surface area contributed by atoms with Crippen LogP contribution < -0.4 is 10.1 Å². The number of benzene rings is 7. The molecule has 0 bridgehead atoms. The van der Waals surface area contributed by atoms with Crippen molar-refractivity contribution in [2.45, 2.75) is 71.3 Å².